The molecule has 10 aromatic carbocycles. The van der Waals surface area contributed by atoms with Gasteiger partial charge in [0.25, 0.3) is 0 Å². The van der Waals surface area contributed by atoms with Crippen molar-refractivity contribution < 1.29 is 111 Å². The Morgan fingerprint density at radius 2 is 1.09 bits per heavy atom. The zero-order valence-electron chi connectivity index (χ0n) is 61.3. The largest absolute Gasteiger partial charge is 0.516 e. The average molecular weight is 2240 g/mol. The number of thiophene rings is 1. The summed E-state index contributed by atoms with van der Waals surface area (Å²) >= 11 is 1.56. The molecule has 0 saturated heterocycles. The summed E-state index contributed by atoms with van der Waals surface area (Å²) in [6.07, 6.45) is -1.51. The van der Waals surface area contributed by atoms with Crippen molar-refractivity contribution in [2.45, 2.75) is 66.5 Å². The molecule has 8 heterocycles. The Morgan fingerprint density at radius 3 is 1.75 bits per heavy atom. The van der Waals surface area contributed by atoms with E-state index < -0.39 is 23.5 Å². The number of furan rings is 2. The van der Waals surface area contributed by atoms with Gasteiger partial charge >= 0.3 is 6.18 Å². The van der Waals surface area contributed by atoms with E-state index in [0.29, 0.717) is 45.0 Å². The summed E-state index contributed by atoms with van der Waals surface area (Å²) in [5.41, 5.74) is 15.7. The predicted molar refractivity (Wildman–Crippen MR) is 416 cm³/mol. The summed E-state index contributed by atoms with van der Waals surface area (Å²) in [5, 5.41) is 52.9. The standard InChI is InChI=1S/C34H29FN3.C19H15F4N2.C18H8N5O.C18H8N3OS.4Ir/c1-22(2)29-17-27(25-13-9-6-10-14-25)18-30(23(3)4)34(29)33-20-28(21-36)37-38(33)32-16-15-26(19-31(32)35)24-11-7-5-8-12-24;1-11-8-12(2)18(13(3)9-11)16-10-17(19(21,22)23)24-25(16)15-7-5-4-6-14(15)20;19-10-14-15-16-17(21-8-7-20-16)24-18(15)23(22-14)13-6-5-11-3-1-2-4-12(11)9-13;19-10-15-13-7-8-23-18(13)21(20-15)11-5-6-17-14(9-11)12-3-1-2-4-16(12)22-17;;;;/h5-15,17-20,22-23H,1-4H3;4-6,8-10H,1-3H3;1-5,7-9H;1-4,6-9H;;;;/q4*-1;;;;. The number of alkyl halides is 3. The molecule has 25 heteroatoms. The molecule has 0 aliphatic carbocycles. The number of aryl methyl sites for hydroxylation is 3. The van der Waals surface area contributed by atoms with Crippen LogP contribution in [0.5, 0.6) is 0 Å². The molecule has 0 aliphatic rings. The van der Waals surface area contributed by atoms with Crippen LogP contribution in [0.4, 0.5) is 22.0 Å². The van der Waals surface area contributed by atoms with Crippen molar-refractivity contribution >= 4 is 76.6 Å². The molecule has 18 aromatic rings. The van der Waals surface area contributed by atoms with E-state index in [0.717, 1.165) is 115 Å². The fourth-order valence-electron chi connectivity index (χ4n) is 13.6. The summed E-state index contributed by atoms with van der Waals surface area (Å²) in [5.74, 6) is -0.759. The van der Waals surface area contributed by atoms with Gasteiger partial charge in [-0.25, -0.2) is 19.3 Å². The number of fused-ring (bicyclic) bond motifs is 8. The Hall–Kier alpha value is -11.3. The van der Waals surface area contributed by atoms with Gasteiger partial charge in [0, 0.05) is 138 Å². The SMILES string of the molecule is CC(C)c1cc(-c2ccccc2)cc(C(C)C)c1-c1cc(C#N)nn1-c1[c-]cc(-c2ccccc2)cc1F.Cc1cc(C)c(-c2cc(C(F)(F)F)nn2-c2[c-]cccc2F)c(C)c1.N#Cc1nn(-c2[c-]cc3ccccc3c2)c2oc3nccnc3c12.N#Cc1nn(-c2[c-]cc3oc4ccccc4c3c2)c2sccc12.[Ir].[Ir].[Ir].[Ir]. The number of hydrogen-bond donors (Lipinski definition) is 0. The van der Waals surface area contributed by atoms with E-state index in [9.17, 15) is 33.3 Å². The molecule has 114 heavy (non-hydrogen) atoms. The molecule has 0 bridgehead atoms. The molecule has 15 nitrogen and oxygen atoms in total. The Balaban J connectivity index is 0.000000151. The molecule has 0 aliphatic heterocycles. The predicted octanol–water partition coefficient (Wildman–Crippen LogP) is 22.4. The molecule has 0 atom stereocenters. The number of benzene rings is 10. The van der Waals surface area contributed by atoms with Gasteiger partial charge in [0.1, 0.15) is 39.5 Å². The minimum absolute atomic E-state index is 0. The van der Waals surface area contributed by atoms with Crippen LogP contribution in [0.3, 0.4) is 0 Å². The molecule has 0 N–H and O–H groups in total. The summed E-state index contributed by atoms with van der Waals surface area (Å²) < 4.78 is 86.9. The Morgan fingerprint density at radius 1 is 0.482 bits per heavy atom. The van der Waals surface area contributed by atoms with Crippen LogP contribution in [0.2, 0.25) is 0 Å². The molecule has 0 unspecified atom stereocenters. The second kappa shape index (κ2) is 35.4. The third-order valence-electron chi connectivity index (χ3n) is 18.6. The molecule has 4 radical (unpaired) electrons. The zero-order chi connectivity index (χ0) is 76.6. The van der Waals surface area contributed by atoms with Gasteiger partial charge in [0.15, 0.2) is 22.8 Å². The van der Waals surface area contributed by atoms with Crippen molar-refractivity contribution in [2.75, 3.05) is 0 Å². The third-order valence-corrected chi connectivity index (χ3v) is 19.5. The van der Waals surface area contributed by atoms with Gasteiger partial charge in [-0.15, -0.1) is 64.1 Å². The van der Waals surface area contributed by atoms with Gasteiger partial charge in [-0.05, 0) is 112 Å². The molecule has 0 amide bonds. The van der Waals surface area contributed by atoms with Gasteiger partial charge in [0.05, 0.1) is 11.4 Å². The minimum Gasteiger partial charge on any atom is -0.516 e. The first kappa shape index (κ1) is 83.6. The van der Waals surface area contributed by atoms with Crippen molar-refractivity contribution in [1.82, 2.24) is 49.1 Å². The normalized spacial score (nSPS) is 11.0. The van der Waals surface area contributed by atoms with Crippen LogP contribution < -0.4 is 0 Å². The summed E-state index contributed by atoms with van der Waals surface area (Å²) in [7, 11) is 0. The van der Waals surface area contributed by atoms with Gasteiger partial charge in [0.2, 0.25) is 11.4 Å². The second-order valence-electron chi connectivity index (χ2n) is 26.6. The van der Waals surface area contributed by atoms with E-state index in [1.807, 2.05) is 166 Å². The number of para-hydroxylation sites is 2. The molecular weight excluding hydrogens is 2180 g/mol. The number of halogens is 5. The van der Waals surface area contributed by atoms with Crippen molar-refractivity contribution in [2.24, 2.45) is 0 Å². The summed E-state index contributed by atoms with van der Waals surface area (Å²) in [4.78, 5) is 9.37. The van der Waals surface area contributed by atoms with Gasteiger partial charge in [-0.2, -0.15) is 97.9 Å². The fourth-order valence-corrected chi connectivity index (χ4v) is 14.5. The number of nitriles is 3. The average Bonchev–Trinajstić information content (AvgIpc) is 1.56. The molecule has 0 saturated carbocycles. The molecule has 574 valence electrons. The maximum Gasteiger partial charge on any atom is 0.435 e. The Labute approximate surface area is 709 Å². The van der Waals surface area contributed by atoms with Gasteiger partial charge < -0.3 is 8.83 Å². The van der Waals surface area contributed by atoms with Crippen LogP contribution in [-0.4, -0.2) is 49.1 Å². The van der Waals surface area contributed by atoms with Crippen LogP contribution in [0.25, 0.3) is 133 Å². The van der Waals surface area contributed by atoms with E-state index in [2.05, 4.69) is 125 Å². The van der Waals surface area contributed by atoms with E-state index in [4.69, 9.17) is 8.83 Å². The van der Waals surface area contributed by atoms with Crippen LogP contribution in [-0.2, 0) is 86.6 Å². The van der Waals surface area contributed by atoms with E-state index in [-0.39, 0.29) is 121 Å². The summed E-state index contributed by atoms with van der Waals surface area (Å²) in [6, 6.07) is 82.2. The molecular formula is C89H60F5Ir4N13O2S-4. The Kier molecular flexibility index (Phi) is 25.9. The zero-order valence-corrected chi connectivity index (χ0v) is 71.7. The van der Waals surface area contributed by atoms with Crippen LogP contribution in [0.15, 0.2) is 233 Å². The van der Waals surface area contributed by atoms with Crippen molar-refractivity contribution in [3.63, 3.8) is 0 Å². The van der Waals surface area contributed by atoms with Crippen LogP contribution >= 0.6 is 11.3 Å². The second-order valence-corrected chi connectivity index (χ2v) is 27.5. The van der Waals surface area contributed by atoms with Crippen molar-refractivity contribution in [3.05, 3.63) is 311 Å². The van der Waals surface area contributed by atoms with E-state index >= 15 is 4.39 Å². The van der Waals surface area contributed by atoms with Crippen LogP contribution in [0, 0.1) is 90.7 Å². The number of hydrogen-bond acceptors (Lipinski definition) is 12. The first-order valence-corrected chi connectivity index (χ1v) is 35.7. The third kappa shape index (κ3) is 16.6. The topological polar surface area (TPSA) is 195 Å². The molecule has 0 spiro atoms. The first-order valence-electron chi connectivity index (χ1n) is 34.8. The summed E-state index contributed by atoms with van der Waals surface area (Å²) in [6.45, 7) is 14.2. The molecule has 8 aromatic heterocycles. The van der Waals surface area contributed by atoms with Gasteiger partial charge in [-0.1, -0.05) is 166 Å². The number of aromatic nitrogens is 10. The Bertz CT molecular complexity index is 6650. The quantitative estimate of drug-likeness (QED) is 0.0933. The maximum atomic E-state index is 15.7. The van der Waals surface area contributed by atoms with E-state index in [1.165, 1.54) is 28.9 Å². The van der Waals surface area contributed by atoms with E-state index in [1.54, 1.807) is 45.2 Å². The maximum absolute atomic E-state index is 15.7. The monoisotopic (exact) mass is 2240 g/mol. The molecule has 0 fully saturated rings. The van der Waals surface area contributed by atoms with Crippen molar-refractivity contribution in [3.8, 4) is 85.7 Å². The first-order chi connectivity index (χ1) is 53.2. The minimum atomic E-state index is -4.63. The molecule has 18 rings (SSSR count). The van der Waals surface area contributed by atoms with Crippen molar-refractivity contribution in [1.29, 1.82) is 15.8 Å². The number of rotatable bonds is 10. The fraction of sp³-hybridized carbons (Fsp3) is 0.112. The van der Waals surface area contributed by atoms with Gasteiger partial charge in [-0.3, -0.25) is 18.1 Å². The smallest absolute Gasteiger partial charge is 0.435 e. The van der Waals surface area contributed by atoms with Crippen LogP contribution in [0.1, 0.15) is 90.1 Å². The number of nitrogens with zero attached hydrogens (tertiary/aromatic N) is 13.